The lowest BCUT2D eigenvalue weighted by atomic mass is 10.1. The minimum Gasteiger partial charge on any atom is -0.457 e. The summed E-state index contributed by atoms with van der Waals surface area (Å²) >= 11 is 0. The van der Waals surface area contributed by atoms with E-state index in [1.54, 1.807) is 36.4 Å². The highest BCUT2D eigenvalue weighted by Gasteiger charge is 2.30. The second-order valence-corrected chi connectivity index (χ2v) is 8.31. The van der Waals surface area contributed by atoms with Crippen molar-refractivity contribution >= 4 is 23.9 Å². The van der Waals surface area contributed by atoms with Gasteiger partial charge in [0.15, 0.2) is 0 Å². The van der Waals surface area contributed by atoms with E-state index in [1.807, 2.05) is 64.1 Å². The minimum atomic E-state index is -0.631. The maximum atomic E-state index is 11.4. The number of hydrogen-bond donors (Lipinski definition) is 0. The van der Waals surface area contributed by atoms with Crippen LogP contribution in [-0.2, 0) is 9.47 Å². The Kier molecular flexibility index (Phi) is 13.9. The summed E-state index contributed by atoms with van der Waals surface area (Å²) in [5, 5.41) is 0. The molecule has 8 nitrogen and oxygen atoms in total. The molecule has 0 atom stereocenters. The average Bonchev–Trinajstić information content (AvgIpc) is 3.49. The Bertz CT molecular complexity index is 1400. The first kappa shape index (κ1) is 34.0. The average molecular weight is 585 g/mol. The van der Waals surface area contributed by atoms with E-state index < -0.39 is 23.9 Å². The Morgan fingerprint density at radius 2 is 0.744 bits per heavy atom. The summed E-state index contributed by atoms with van der Waals surface area (Å²) < 4.78 is 20.1. The zero-order chi connectivity index (χ0) is 31.8. The molecule has 6 rings (SSSR count). The number of carbonyl (C=O) groups is 4. The van der Waals surface area contributed by atoms with Crippen LogP contribution in [0.3, 0.4) is 0 Å². The van der Waals surface area contributed by atoms with Crippen molar-refractivity contribution in [3.8, 4) is 23.0 Å². The zero-order valence-electron chi connectivity index (χ0n) is 25.2. The molecule has 2 heterocycles. The number of fused-ring (bicyclic) bond motifs is 2. The van der Waals surface area contributed by atoms with Gasteiger partial charge in [-0.3, -0.25) is 0 Å². The molecule has 0 bridgehead atoms. The highest BCUT2D eigenvalue weighted by molar-refractivity contribution is 6.15. The van der Waals surface area contributed by atoms with Gasteiger partial charge in [0.05, 0.1) is 22.3 Å². The Balaban J connectivity index is 0.000000249. The number of cyclic esters (lactones) is 4. The summed E-state index contributed by atoms with van der Waals surface area (Å²) in [6, 6.07) is 27.7. The van der Waals surface area contributed by atoms with Crippen LogP contribution in [0.5, 0.6) is 23.0 Å². The van der Waals surface area contributed by atoms with Crippen LogP contribution in [0.25, 0.3) is 0 Å². The maximum absolute atomic E-state index is 11.4. The fraction of sp³-hybridized carbons (Fsp3) is 0.200. The van der Waals surface area contributed by atoms with E-state index in [1.165, 1.54) is 30.7 Å². The Morgan fingerprint density at radius 3 is 1.07 bits per heavy atom. The Morgan fingerprint density at radius 1 is 0.442 bits per heavy atom. The number of benzene rings is 4. The summed E-state index contributed by atoms with van der Waals surface area (Å²) in [6.07, 6.45) is 1.25. The van der Waals surface area contributed by atoms with Gasteiger partial charge in [-0.05, 0) is 60.7 Å². The van der Waals surface area contributed by atoms with Crippen LogP contribution >= 0.6 is 0 Å². The molecule has 0 amide bonds. The molecule has 0 spiro atoms. The van der Waals surface area contributed by atoms with Crippen molar-refractivity contribution in [3.05, 3.63) is 119 Å². The number of rotatable bonds is 4. The van der Waals surface area contributed by atoms with E-state index >= 15 is 0 Å². The second kappa shape index (κ2) is 17.5. The van der Waals surface area contributed by atoms with Gasteiger partial charge in [0.25, 0.3) is 0 Å². The third-order valence-electron chi connectivity index (χ3n) is 5.19. The number of carbonyl (C=O) groups excluding carboxylic acids is 4. The van der Waals surface area contributed by atoms with Crippen molar-refractivity contribution in [2.75, 3.05) is 0 Å². The van der Waals surface area contributed by atoms with Gasteiger partial charge < -0.3 is 18.9 Å². The maximum Gasteiger partial charge on any atom is 0.347 e. The fourth-order valence-corrected chi connectivity index (χ4v) is 3.51. The summed E-state index contributed by atoms with van der Waals surface area (Å²) in [5.41, 5.74) is 1.04. The first-order chi connectivity index (χ1) is 20.9. The van der Waals surface area contributed by atoms with E-state index in [0.717, 1.165) is 0 Å². The predicted molar refractivity (Wildman–Crippen MR) is 164 cm³/mol. The largest absolute Gasteiger partial charge is 0.457 e. The smallest absolute Gasteiger partial charge is 0.347 e. The van der Waals surface area contributed by atoms with Crippen LogP contribution in [0.1, 0.15) is 89.4 Å². The van der Waals surface area contributed by atoms with E-state index in [0.29, 0.717) is 23.0 Å². The Labute approximate surface area is 252 Å². The van der Waals surface area contributed by atoms with Gasteiger partial charge >= 0.3 is 23.9 Å². The van der Waals surface area contributed by atoms with E-state index in [9.17, 15) is 19.2 Å². The third-order valence-corrected chi connectivity index (χ3v) is 5.19. The minimum absolute atomic E-state index is 0.244. The van der Waals surface area contributed by atoms with Gasteiger partial charge in [0.1, 0.15) is 23.0 Å². The Hall–Kier alpha value is -5.24. The fourth-order valence-electron chi connectivity index (χ4n) is 3.51. The lowest BCUT2D eigenvalue weighted by Gasteiger charge is -2.05. The molecule has 8 heteroatoms. The van der Waals surface area contributed by atoms with Gasteiger partial charge in [-0.25, -0.2) is 19.2 Å². The number of ether oxygens (including phenoxy) is 4. The van der Waals surface area contributed by atoms with Crippen molar-refractivity contribution < 1.29 is 38.1 Å². The molecule has 0 fully saturated rings. The lowest BCUT2D eigenvalue weighted by Crippen LogP contribution is -1.96. The molecule has 0 unspecified atom stereocenters. The van der Waals surface area contributed by atoms with Gasteiger partial charge in [0.2, 0.25) is 0 Å². The number of para-hydroxylation sites is 2. The van der Waals surface area contributed by atoms with Gasteiger partial charge in [-0.15, -0.1) is 0 Å². The normalized spacial score (nSPS) is 11.7. The van der Waals surface area contributed by atoms with Crippen molar-refractivity contribution in [3.63, 3.8) is 0 Å². The van der Waals surface area contributed by atoms with Crippen molar-refractivity contribution in [2.45, 2.75) is 48.0 Å². The summed E-state index contributed by atoms with van der Waals surface area (Å²) in [7, 11) is 0. The first-order valence-electron chi connectivity index (χ1n) is 14.2. The summed E-state index contributed by atoms with van der Waals surface area (Å²) in [6.45, 7) is 12.2. The van der Waals surface area contributed by atoms with Crippen molar-refractivity contribution in [1.82, 2.24) is 0 Å². The molecule has 4 aromatic carbocycles. The van der Waals surface area contributed by atoms with E-state index in [2.05, 4.69) is 23.3 Å². The third kappa shape index (κ3) is 9.39. The van der Waals surface area contributed by atoms with E-state index in [-0.39, 0.29) is 22.3 Å². The number of hydrogen-bond acceptors (Lipinski definition) is 8. The molecular weight excluding hydrogens is 548 g/mol. The molecule has 0 aliphatic carbocycles. The van der Waals surface area contributed by atoms with E-state index in [4.69, 9.17) is 9.47 Å². The van der Waals surface area contributed by atoms with Gasteiger partial charge in [-0.1, -0.05) is 84.4 Å². The van der Waals surface area contributed by atoms with Crippen LogP contribution in [0, 0.1) is 0 Å². The van der Waals surface area contributed by atoms with Crippen LogP contribution in [0.15, 0.2) is 97.1 Å². The van der Waals surface area contributed by atoms with Gasteiger partial charge in [0, 0.05) is 0 Å². The highest BCUT2D eigenvalue weighted by atomic mass is 16.6. The molecule has 2 aliphatic rings. The second-order valence-electron chi connectivity index (χ2n) is 8.31. The zero-order valence-corrected chi connectivity index (χ0v) is 25.2. The SMILES string of the molecule is CC.CC.CCC.O=C1OC(=O)c2cc(Oc3ccccc3)ccc21.O=C1OC(=O)c2cc(Oc3ccccc3)ccc21. The lowest BCUT2D eigenvalue weighted by molar-refractivity contribution is 0.0425. The standard InChI is InChI=1S/2C14H8O4.C3H8.2C2H6/c2*15-13-11-7-6-10(8-12(11)14(16)18-13)17-9-4-2-1-3-5-9;1-3-2;2*1-2/h2*1-8H;3H2,1-2H3;2*1-2H3. The van der Waals surface area contributed by atoms with Crippen LogP contribution in [0.2, 0.25) is 0 Å². The topological polar surface area (TPSA) is 105 Å². The van der Waals surface area contributed by atoms with Crippen LogP contribution in [0.4, 0.5) is 0 Å². The summed E-state index contributed by atoms with van der Waals surface area (Å²) in [5.74, 6) is -0.173. The van der Waals surface area contributed by atoms with Crippen LogP contribution in [-0.4, -0.2) is 23.9 Å². The molecule has 0 radical (unpaired) electrons. The van der Waals surface area contributed by atoms with Crippen molar-refractivity contribution in [1.29, 1.82) is 0 Å². The molecule has 43 heavy (non-hydrogen) atoms. The molecule has 0 saturated heterocycles. The number of esters is 4. The molecule has 0 N–H and O–H groups in total. The molecule has 0 aromatic heterocycles. The monoisotopic (exact) mass is 584 g/mol. The highest BCUT2D eigenvalue weighted by Crippen LogP contribution is 2.29. The molecule has 224 valence electrons. The van der Waals surface area contributed by atoms with Crippen LogP contribution < -0.4 is 9.47 Å². The predicted octanol–water partition coefficient (Wildman–Crippen LogP) is 9.05. The van der Waals surface area contributed by atoms with Crippen molar-refractivity contribution in [2.24, 2.45) is 0 Å². The first-order valence-corrected chi connectivity index (χ1v) is 14.2. The summed E-state index contributed by atoms with van der Waals surface area (Å²) in [4.78, 5) is 45.3. The quantitative estimate of drug-likeness (QED) is 0.173. The molecule has 4 aromatic rings. The molecular formula is C35H36O8. The molecule has 2 aliphatic heterocycles. The molecule has 0 saturated carbocycles. The van der Waals surface area contributed by atoms with Gasteiger partial charge in [-0.2, -0.15) is 0 Å².